The minimum atomic E-state index is -3.51. The molecule has 7 heteroatoms. The lowest BCUT2D eigenvalue weighted by Gasteiger charge is -2.18. The maximum atomic E-state index is 12.4. The second-order valence-electron chi connectivity index (χ2n) is 5.53. The van der Waals surface area contributed by atoms with Crippen LogP contribution in [0.5, 0.6) is 5.75 Å². The molecule has 2 aromatic rings. The van der Waals surface area contributed by atoms with Crippen LogP contribution >= 0.6 is 0 Å². The van der Waals surface area contributed by atoms with Gasteiger partial charge in [0.05, 0.1) is 11.4 Å². The first kappa shape index (κ1) is 19.9. The van der Waals surface area contributed by atoms with Crippen molar-refractivity contribution in [3.8, 4) is 5.75 Å². The Morgan fingerprint density at radius 1 is 1.00 bits per heavy atom. The lowest BCUT2D eigenvalue weighted by molar-refractivity contribution is 0.0947. The average Bonchev–Trinajstić information content (AvgIpc) is 2.67. The molecule has 0 atom stereocenters. The molecule has 0 aliphatic rings. The lowest BCUT2D eigenvalue weighted by Crippen LogP contribution is -2.31. The maximum Gasteiger partial charge on any atom is 0.251 e. The Bertz CT molecular complexity index is 801. The summed E-state index contributed by atoms with van der Waals surface area (Å²) < 4.78 is 31.7. The summed E-state index contributed by atoms with van der Waals surface area (Å²) in [7, 11) is -3.51. The highest BCUT2D eigenvalue weighted by molar-refractivity contribution is 7.89. The van der Waals surface area contributed by atoms with Crippen LogP contribution in [0.1, 0.15) is 24.2 Å². The van der Waals surface area contributed by atoms with E-state index in [-0.39, 0.29) is 10.8 Å². The van der Waals surface area contributed by atoms with Gasteiger partial charge in [0.1, 0.15) is 12.4 Å². The van der Waals surface area contributed by atoms with E-state index in [0.29, 0.717) is 31.8 Å². The summed E-state index contributed by atoms with van der Waals surface area (Å²) >= 11 is 0. The normalized spacial score (nSPS) is 11.3. The van der Waals surface area contributed by atoms with Crippen molar-refractivity contribution in [2.75, 3.05) is 26.2 Å². The van der Waals surface area contributed by atoms with Gasteiger partial charge in [-0.1, -0.05) is 32.0 Å². The van der Waals surface area contributed by atoms with E-state index < -0.39 is 10.0 Å². The third-order valence-corrected chi connectivity index (χ3v) is 5.92. The van der Waals surface area contributed by atoms with Gasteiger partial charge in [0.2, 0.25) is 10.0 Å². The molecular formula is C19H24N2O4S. The molecule has 0 bridgehead atoms. The van der Waals surface area contributed by atoms with Crippen LogP contribution in [0.3, 0.4) is 0 Å². The van der Waals surface area contributed by atoms with Gasteiger partial charge < -0.3 is 10.1 Å². The predicted octanol–water partition coefficient (Wildman–Crippen LogP) is 2.53. The number of hydrogen-bond donors (Lipinski definition) is 1. The minimum Gasteiger partial charge on any atom is -0.492 e. The average molecular weight is 376 g/mol. The molecule has 0 aromatic heterocycles. The van der Waals surface area contributed by atoms with Gasteiger partial charge in [0.25, 0.3) is 5.91 Å². The van der Waals surface area contributed by atoms with Crippen LogP contribution in [-0.4, -0.2) is 44.9 Å². The number of ether oxygens (including phenoxy) is 1. The quantitative estimate of drug-likeness (QED) is 0.683. The van der Waals surface area contributed by atoms with E-state index in [9.17, 15) is 13.2 Å². The molecule has 0 aliphatic carbocycles. The van der Waals surface area contributed by atoms with Gasteiger partial charge in [0.15, 0.2) is 0 Å². The monoisotopic (exact) mass is 376 g/mol. The SMILES string of the molecule is CCN(CC)S(=O)(=O)c1ccc(C(=O)NCCOc2ccccc2)cc1. The third-order valence-electron chi connectivity index (χ3n) is 3.86. The van der Waals surface area contributed by atoms with Gasteiger partial charge in [-0.2, -0.15) is 4.31 Å². The molecule has 2 rings (SSSR count). The molecule has 0 saturated heterocycles. The van der Waals surface area contributed by atoms with Crippen LogP contribution in [0.2, 0.25) is 0 Å². The van der Waals surface area contributed by atoms with E-state index in [1.165, 1.54) is 28.6 Å². The Morgan fingerprint density at radius 3 is 2.19 bits per heavy atom. The molecule has 0 fully saturated rings. The van der Waals surface area contributed by atoms with Gasteiger partial charge in [-0.15, -0.1) is 0 Å². The van der Waals surface area contributed by atoms with Crippen molar-refractivity contribution >= 4 is 15.9 Å². The summed E-state index contributed by atoms with van der Waals surface area (Å²) in [6.07, 6.45) is 0. The van der Waals surface area contributed by atoms with E-state index in [0.717, 1.165) is 5.75 Å². The molecule has 2 aromatic carbocycles. The fraction of sp³-hybridized carbons (Fsp3) is 0.316. The van der Waals surface area contributed by atoms with Crippen LogP contribution < -0.4 is 10.1 Å². The molecule has 0 heterocycles. The highest BCUT2D eigenvalue weighted by Crippen LogP contribution is 2.16. The molecule has 1 N–H and O–H groups in total. The predicted molar refractivity (Wildman–Crippen MR) is 101 cm³/mol. The second kappa shape index (κ2) is 9.35. The van der Waals surface area contributed by atoms with Gasteiger partial charge in [-0.05, 0) is 36.4 Å². The molecule has 6 nitrogen and oxygen atoms in total. The number of nitrogens with zero attached hydrogens (tertiary/aromatic N) is 1. The Balaban J connectivity index is 1.90. The first-order chi connectivity index (χ1) is 12.5. The first-order valence-electron chi connectivity index (χ1n) is 8.55. The van der Waals surface area contributed by atoms with Crippen molar-refractivity contribution in [1.29, 1.82) is 0 Å². The number of nitrogens with one attached hydrogen (secondary N) is 1. The van der Waals surface area contributed by atoms with Crippen molar-refractivity contribution in [2.45, 2.75) is 18.7 Å². The molecule has 0 radical (unpaired) electrons. The van der Waals surface area contributed by atoms with Crippen molar-refractivity contribution in [1.82, 2.24) is 9.62 Å². The molecule has 26 heavy (non-hydrogen) atoms. The maximum absolute atomic E-state index is 12.4. The molecule has 0 aliphatic heterocycles. The Hall–Kier alpha value is -2.38. The Kier molecular flexibility index (Phi) is 7.17. The highest BCUT2D eigenvalue weighted by Gasteiger charge is 2.21. The number of amides is 1. The van der Waals surface area contributed by atoms with Gasteiger partial charge >= 0.3 is 0 Å². The largest absolute Gasteiger partial charge is 0.492 e. The van der Waals surface area contributed by atoms with Crippen LogP contribution in [0.25, 0.3) is 0 Å². The minimum absolute atomic E-state index is 0.185. The van der Waals surface area contributed by atoms with Gasteiger partial charge in [-0.25, -0.2) is 8.42 Å². The first-order valence-corrected chi connectivity index (χ1v) is 9.99. The summed E-state index contributed by atoms with van der Waals surface area (Å²) in [4.78, 5) is 12.3. The molecule has 0 saturated carbocycles. The van der Waals surface area contributed by atoms with Crippen molar-refractivity contribution < 1.29 is 17.9 Å². The zero-order chi connectivity index (χ0) is 19.0. The number of benzene rings is 2. The van der Waals surface area contributed by atoms with Crippen molar-refractivity contribution in [2.24, 2.45) is 0 Å². The zero-order valence-electron chi connectivity index (χ0n) is 15.0. The Morgan fingerprint density at radius 2 is 1.62 bits per heavy atom. The van der Waals surface area contributed by atoms with E-state index >= 15 is 0 Å². The molecule has 140 valence electrons. The third kappa shape index (κ3) is 5.06. The number of carbonyl (C=O) groups is 1. The van der Waals surface area contributed by atoms with Crippen molar-refractivity contribution in [3.63, 3.8) is 0 Å². The molecule has 1 amide bonds. The number of hydrogen-bond acceptors (Lipinski definition) is 4. The van der Waals surface area contributed by atoms with E-state index in [1.54, 1.807) is 13.8 Å². The van der Waals surface area contributed by atoms with Gasteiger partial charge in [-0.3, -0.25) is 4.79 Å². The number of sulfonamides is 1. The van der Waals surface area contributed by atoms with E-state index in [2.05, 4.69) is 5.32 Å². The Labute approximate surface area is 154 Å². The molecule has 0 spiro atoms. The molecule has 0 unspecified atom stereocenters. The summed E-state index contributed by atoms with van der Waals surface area (Å²) in [6.45, 7) is 5.10. The van der Waals surface area contributed by atoms with Crippen LogP contribution in [0.15, 0.2) is 59.5 Å². The number of rotatable bonds is 9. The van der Waals surface area contributed by atoms with E-state index in [4.69, 9.17) is 4.74 Å². The number of carbonyl (C=O) groups excluding carboxylic acids is 1. The highest BCUT2D eigenvalue weighted by atomic mass is 32.2. The number of para-hydroxylation sites is 1. The van der Waals surface area contributed by atoms with Gasteiger partial charge in [0, 0.05) is 18.7 Å². The van der Waals surface area contributed by atoms with Crippen LogP contribution in [0, 0.1) is 0 Å². The summed E-state index contributed by atoms with van der Waals surface area (Å²) in [5.74, 6) is 0.473. The van der Waals surface area contributed by atoms with Crippen molar-refractivity contribution in [3.05, 3.63) is 60.2 Å². The zero-order valence-corrected chi connectivity index (χ0v) is 15.8. The fourth-order valence-electron chi connectivity index (χ4n) is 2.44. The van der Waals surface area contributed by atoms with E-state index in [1.807, 2.05) is 30.3 Å². The van der Waals surface area contributed by atoms with Crippen LogP contribution in [0.4, 0.5) is 0 Å². The summed E-state index contributed by atoms with van der Waals surface area (Å²) in [6, 6.07) is 15.3. The topological polar surface area (TPSA) is 75.7 Å². The lowest BCUT2D eigenvalue weighted by atomic mass is 10.2. The standard InChI is InChI=1S/C19H24N2O4S/c1-3-21(4-2)26(23,24)18-12-10-16(11-13-18)19(22)20-14-15-25-17-8-6-5-7-9-17/h5-13H,3-4,14-15H2,1-2H3,(H,20,22). The summed E-state index contributed by atoms with van der Waals surface area (Å²) in [5.41, 5.74) is 0.406. The van der Waals surface area contributed by atoms with Crippen LogP contribution in [-0.2, 0) is 10.0 Å². The fourth-order valence-corrected chi connectivity index (χ4v) is 3.90. The second-order valence-corrected chi connectivity index (χ2v) is 7.47. The molecular weight excluding hydrogens is 352 g/mol. The summed E-state index contributed by atoms with van der Waals surface area (Å²) in [5, 5.41) is 2.75. The smallest absolute Gasteiger partial charge is 0.251 e.